The van der Waals surface area contributed by atoms with Crippen LogP contribution >= 0.6 is 11.3 Å². The Labute approximate surface area is 167 Å². The number of carbonyl (C=O) groups excluding carboxylic acids is 1. The summed E-state index contributed by atoms with van der Waals surface area (Å²) in [6, 6.07) is 7.94. The van der Waals surface area contributed by atoms with Gasteiger partial charge < -0.3 is 5.32 Å². The molecule has 0 fully saturated rings. The second-order valence-corrected chi connectivity index (χ2v) is 9.79. The average Bonchev–Trinajstić information content (AvgIpc) is 3.05. The molecule has 3 aromatic rings. The first-order valence-electron chi connectivity index (χ1n) is 8.73. The molecule has 0 aliphatic carbocycles. The smallest absolute Gasteiger partial charge is 0.262 e. The number of nitrogens with zero attached hydrogens (tertiary/aromatic N) is 2. The normalized spacial score (nSPS) is 11.6. The lowest BCUT2D eigenvalue weighted by Gasteiger charge is -2.07. The first-order valence-corrected chi connectivity index (χ1v) is 11.7. The zero-order chi connectivity index (χ0) is 20.3. The number of rotatable bonds is 7. The Kier molecular flexibility index (Phi) is 5.95. The fourth-order valence-electron chi connectivity index (χ4n) is 2.76. The van der Waals surface area contributed by atoms with Crippen molar-refractivity contribution in [2.45, 2.75) is 19.9 Å². The molecule has 1 N–H and O–H groups in total. The highest BCUT2D eigenvalue weighted by Crippen LogP contribution is 2.30. The second kappa shape index (κ2) is 8.24. The standard InChI is InChI=1S/C19H21N3O4S2/c1-13-3-5-14(6-4-13)15-11-27-18-17(15)19(24)22(12-21-18)9-7-16(23)20-8-10-28(2,25)26/h3-6,11-12H,7-10H2,1-2H3,(H,20,23). The first kappa shape index (κ1) is 20.2. The quantitative estimate of drug-likeness (QED) is 0.631. The Morgan fingerprint density at radius 2 is 1.96 bits per heavy atom. The molecule has 0 aliphatic rings. The van der Waals surface area contributed by atoms with E-state index in [1.807, 2.05) is 36.6 Å². The molecular weight excluding hydrogens is 398 g/mol. The highest BCUT2D eigenvalue weighted by molar-refractivity contribution is 7.90. The minimum atomic E-state index is -3.12. The van der Waals surface area contributed by atoms with Crippen LogP contribution in [0, 0.1) is 6.92 Å². The Morgan fingerprint density at radius 1 is 1.25 bits per heavy atom. The maximum absolute atomic E-state index is 12.9. The summed E-state index contributed by atoms with van der Waals surface area (Å²) < 4.78 is 23.6. The van der Waals surface area contributed by atoms with Crippen molar-refractivity contribution in [3.8, 4) is 11.1 Å². The van der Waals surface area contributed by atoms with Crippen LogP contribution in [-0.4, -0.2) is 42.4 Å². The van der Waals surface area contributed by atoms with E-state index in [0.717, 1.165) is 22.9 Å². The number of hydrogen-bond acceptors (Lipinski definition) is 6. The number of benzene rings is 1. The average molecular weight is 420 g/mol. The molecule has 1 amide bonds. The highest BCUT2D eigenvalue weighted by atomic mass is 32.2. The van der Waals surface area contributed by atoms with E-state index in [2.05, 4.69) is 10.3 Å². The van der Waals surface area contributed by atoms with Gasteiger partial charge in [0.2, 0.25) is 5.91 Å². The third-order valence-corrected chi connectivity index (χ3v) is 6.13. The number of nitrogens with one attached hydrogen (secondary N) is 1. The van der Waals surface area contributed by atoms with Crippen molar-refractivity contribution in [3.63, 3.8) is 0 Å². The van der Waals surface area contributed by atoms with Crippen LogP contribution in [0.25, 0.3) is 21.3 Å². The molecule has 0 bridgehead atoms. The van der Waals surface area contributed by atoms with Crippen molar-refractivity contribution in [3.05, 3.63) is 51.9 Å². The first-order chi connectivity index (χ1) is 13.2. The fourth-order valence-corrected chi connectivity index (χ4v) is 4.14. The number of amides is 1. The summed E-state index contributed by atoms with van der Waals surface area (Å²) in [5.74, 6) is -0.416. The third kappa shape index (κ3) is 4.85. The summed E-state index contributed by atoms with van der Waals surface area (Å²) in [6.07, 6.45) is 2.64. The van der Waals surface area contributed by atoms with Crippen molar-refractivity contribution in [1.29, 1.82) is 0 Å². The summed E-state index contributed by atoms with van der Waals surface area (Å²) in [7, 11) is -3.12. The van der Waals surface area contributed by atoms with Gasteiger partial charge in [0.25, 0.3) is 5.56 Å². The molecule has 148 valence electrons. The van der Waals surface area contributed by atoms with Gasteiger partial charge in [-0.1, -0.05) is 29.8 Å². The maximum Gasteiger partial charge on any atom is 0.262 e. The molecule has 0 atom stereocenters. The van der Waals surface area contributed by atoms with Crippen LogP contribution in [0.15, 0.2) is 40.8 Å². The number of fused-ring (bicyclic) bond motifs is 1. The molecule has 28 heavy (non-hydrogen) atoms. The van der Waals surface area contributed by atoms with Crippen LogP contribution in [0.5, 0.6) is 0 Å². The number of aromatic nitrogens is 2. The molecule has 3 rings (SSSR count). The molecule has 0 spiro atoms. The Hall–Kier alpha value is -2.52. The molecule has 0 saturated heterocycles. The van der Waals surface area contributed by atoms with Gasteiger partial charge in [-0.25, -0.2) is 13.4 Å². The van der Waals surface area contributed by atoms with Crippen molar-refractivity contribution < 1.29 is 13.2 Å². The highest BCUT2D eigenvalue weighted by Gasteiger charge is 2.14. The van der Waals surface area contributed by atoms with Crippen molar-refractivity contribution in [2.75, 3.05) is 18.6 Å². The molecule has 0 radical (unpaired) electrons. The number of sulfone groups is 1. The van der Waals surface area contributed by atoms with Gasteiger partial charge in [0.05, 0.1) is 17.5 Å². The van der Waals surface area contributed by atoms with Gasteiger partial charge in [-0.15, -0.1) is 11.3 Å². The van der Waals surface area contributed by atoms with Gasteiger partial charge >= 0.3 is 0 Å². The lowest BCUT2D eigenvalue weighted by Crippen LogP contribution is -2.30. The molecule has 1 aromatic carbocycles. The van der Waals surface area contributed by atoms with E-state index in [9.17, 15) is 18.0 Å². The Morgan fingerprint density at radius 3 is 2.64 bits per heavy atom. The predicted molar refractivity (Wildman–Crippen MR) is 111 cm³/mol. The van der Waals surface area contributed by atoms with Gasteiger partial charge in [-0.2, -0.15) is 0 Å². The molecule has 0 aliphatic heterocycles. The third-order valence-electron chi connectivity index (χ3n) is 4.30. The SMILES string of the molecule is Cc1ccc(-c2csc3ncn(CCC(=O)NCCS(C)(=O)=O)c(=O)c23)cc1. The zero-order valence-electron chi connectivity index (χ0n) is 15.6. The topological polar surface area (TPSA) is 98.1 Å². The summed E-state index contributed by atoms with van der Waals surface area (Å²) in [5.41, 5.74) is 2.74. The van der Waals surface area contributed by atoms with Crippen LogP contribution in [0.3, 0.4) is 0 Å². The minimum Gasteiger partial charge on any atom is -0.355 e. The molecule has 7 nitrogen and oxygen atoms in total. The molecular formula is C19H21N3O4S2. The molecule has 0 unspecified atom stereocenters. The molecule has 0 saturated carbocycles. The number of hydrogen-bond donors (Lipinski definition) is 1. The van der Waals surface area contributed by atoms with Crippen molar-refractivity contribution in [1.82, 2.24) is 14.9 Å². The summed E-state index contributed by atoms with van der Waals surface area (Å²) in [6.45, 7) is 2.24. The zero-order valence-corrected chi connectivity index (χ0v) is 17.3. The van der Waals surface area contributed by atoms with Crippen molar-refractivity contribution in [2.24, 2.45) is 0 Å². The molecule has 2 aromatic heterocycles. The van der Waals surface area contributed by atoms with E-state index in [-0.39, 0.29) is 36.7 Å². The van der Waals surface area contributed by atoms with Gasteiger partial charge in [-0.05, 0) is 12.5 Å². The van der Waals surface area contributed by atoms with Crippen LogP contribution in [-0.2, 0) is 21.2 Å². The van der Waals surface area contributed by atoms with Gasteiger partial charge in [0, 0.05) is 36.7 Å². The lowest BCUT2D eigenvalue weighted by atomic mass is 10.1. The second-order valence-electron chi connectivity index (χ2n) is 6.67. The van der Waals surface area contributed by atoms with E-state index in [4.69, 9.17) is 0 Å². The van der Waals surface area contributed by atoms with Crippen LogP contribution in [0.1, 0.15) is 12.0 Å². The maximum atomic E-state index is 12.9. The minimum absolute atomic E-state index is 0.0615. The molecule has 9 heteroatoms. The Balaban J connectivity index is 1.77. The van der Waals surface area contributed by atoms with E-state index in [1.54, 1.807) is 0 Å². The lowest BCUT2D eigenvalue weighted by molar-refractivity contribution is -0.121. The number of carbonyl (C=O) groups is 1. The van der Waals surface area contributed by atoms with E-state index >= 15 is 0 Å². The number of thiophene rings is 1. The van der Waals surface area contributed by atoms with Crippen LogP contribution < -0.4 is 10.9 Å². The monoisotopic (exact) mass is 419 g/mol. The van der Waals surface area contributed by atoms with Crippen molar-refractivity contribution >= 4 is 37.3 Å². The van der Waals surface area contributed by atoms with Gasteiger partial charge in [-0.3, -0.25) is 14.2 Å². The van der Waals surface area contributed by atoms with Crippen LogP contribution in [0.4, 0.5) is 0 Å². The summed E-state index contributed by atoms with van der Waals surface area (Å²) in [4.78, 5) is 29.8. The van der Waals surface area contributed by atoms with Gasteiger partial charge in [0.1, 0.15) is 14.7 Å². The summed E-state index contributed by atoms with van der Waals surface area (Å²) >= 11 is 1.41. The largest absolute Gasteiger partial charge is 0.355 e. The van der Waals surface area contributed by atoms with Gasteiger partial charge in [0.15, 0.2) is 0 Å². The Bertz CT molecular complexity index is 1160. The summed E-state index contributed by atoms with van der Waals surface area (Å²) in [5, 5.41) is 5.02. The predicted octanol–water partition coefficient (Wildman–Crippen LogP) is 1.98. The van der Waals surface area contributed by atoms with E-state index < -0.39 is 9.84 Å². The fraction of sp³-hybridized carbons (Fsp3) is 0.316. The van der Waals surface area contributed by atoms with Crippen LogP contribution in [0.2, 0.25) is 0 Å². The van der Waals surface area contributed by atoms with E-state index in [1.165, 1.54) is 22.2 Å². The van der Waals surface area contributed by atoms with E-state index in [0.29, 0.717) is 10.2 Å². The molecule has 2 heterocycles. The number of aryl methyl sites for hydroxylation is 2.